The van der Waals surface area contributed by atoms with Crippen LogP contribution in [0.3, 0.4) is 0 Å². The van der Waals surface area contributed by atoms with Gasteiger partial charge in [-0.15, -0.1) is 0 Å². The molecule has 27 heavy (non-hydrogen) atoms. The van der Waals surface area contributed by atoms with Gasteiger partial charge in [-0.3, -0.25) is 9.89 Å². The quantitative estimate of drug-likeness (QED) is 0.544. The van der Waals surface area contributed by atoms with Crippen LogP contribution in [0.25, 0.3) is 11.1 Å². The molecule has 0 fully saturated rings. The lowest BCUT2D eigenvalue weighted by atomic mass is 9.96. The molecule has 0 saturated heterocycles. The highest BCUT2D eigenvalue weighted by Crippen LogP contribution is 2.22. The van der Waals surface area contributed by atoms with Crippen molar-refractivity contribution in [3.63, 3.8) is 0 Å². The highest BCUT2D eigenvalue weighted by Gasteiger charge is 2.21. The van der Waals surface area contributed by atoms with E-state index in [0.717, 1.165) is 53.8 Å². The van der Waals surface area contributed by atoms with Crippen LogP contribution in [0.1, 0.15) is 47.1 Å². The Labute approximate surface area is 158 Å². The average molecular weight is 358 g/mol. The molecule has 5 nitrogen and oxygen atoms in total. The van der Waals surface area contributed by atoms with E-state index in [9.17, 15) is 4.79 Å². The zero-order valence-electron chi connectivity index (χ0n) is 15.3. The van der Waals surface area contributed by atoms with Gasteiger partial charge in [-0.1, -0.05) is 54.6 Å². The molecule has 1 heterocycles. The third kappa shape index (κ3) is 3.67. The van der Waals surface area contributed by atoms with Crippen molar-refractivity contribution in [1.82, 2.24) is 15.6 Å². The Balaban J connectivity index is 1.46. The Bertz CT molecular complexity index is 971. The van der Waals surface area contributed by atoms with Gasteiger partial charge in [-0.25, -0.2) is 5.43 Å². The van der Waals surface area contributed by atoms with Gasteiger partial charge >= 0.3 is 0 Å². The maximum atomic E-state index is 12.5. The van der Waals surface area contributed by atoms with Gasteiger partial charge in [0.05, 0.1) is 5.71 Å². The van der Waals surface area contributed by atoms with E-state index in [1.54, 1.807) is 0 Å². The highest BCUT2D eigenvalue weighted by atomic mass is 16.2. The first kappa shape index (κ1) is 17.2. The summed E-state index contributed by atoms with van der Waals surface area (Å²) in [5, 5.41) is 11.4. The summed E-state index contributed by atoms with van der Waals surface area (Å²) in [7, 11) is 0. The Morgan fingerprint density at radius 1 is 1.00 bits per heavy atom. The fraction of sp³-hybridized carbons (Fsp3) is 0.227. The van der Waals surface area contributed by atoms with Crippen LogP contribution < -0.4 is 5.43 Å². The van der Waals surface area contributed by atoms with Crippen LogP contribution in [0.2, 0.25) is 0 Å². The van der Waals surface area contributed by atoms with Crippen molar-refractivity contribution in [1.29, 1.82) is 0 Å². The third-order valence-corrected chi connectivity index (χ3v) is 5.01. The summed E-state index contributed by atoms with van der Waals surface area (Å²) in [4.78, 5) is 12.5. The molecule has 0 atom stereocenters. The zero-order chi connectivity index (χ0) is 18.6. The molecule has 2 N–H and O–H groups in total. The number of amides is 1. The van der Waals surface area contributed by atoms with E-state index in [-0.39, 0.29) is 5.91 Å². The number of rotatable bonds is 4. The molecule has 2 aromatic carbocycles. The molecule has 0 unspecified atom stereocenters. The van der Waals surface area contributed by atoms with Gasteiger partial charge in [-0.05, 0) is 49.3 Å². The van der Waals surface area contributed by atoms with Crippen molar-refractivity contribution in [3.05, 3.63) is 77.1 Å². The van der Waals surface area contributed by atoms with Crippen molar-refractivity contribution >= 4 is 11.6 Å². The van der Waals surface area contributed by atoms with E-state index in [2.05, 4.69) is 45.0 Å². The minimum atomic E-state index is -0.255. The van der Waals surface area contributed by atoms with Crippen molar-refractivity contribution in [2.24, 2.45) is 5.10 Å². The molecule has 1 amide bonds. The lowest BCUT2D eigenvalue weighted by molar-refractivity contribution is 0.0949. The maximum absolute atomic E-state index is 12.5. The van der Waals surface area contributed by atoms with Gasteiger partial charge in [0, 0.05) is 11.3 Å². The first-order valence-electron chi connectivity index (χ1n) is 9.29. The molecule has 0 bridgehead atoms. The van der Waals surface area contributed by atoms with Crippen molar-refractivity contribution in [2.75, 3.05) is 0 Å². The Morgan fingerprint density at radius 2 is 1.70 bits per heavy atom. The van der Waals surface area contributed by atoms with Crippen LogP contribution in [-0.4, -0.2) is 21.8 Å². The molecule has 0 aliphatic heterocycles. The molecule has 1 aliphatic rings. The van der Waals surface area contributed by atoms with Crippen LogP contribution in [0.15, 0.2) is 59.7 Å². The minimum Gasteiger partial charge on any atom is -0.281 e. The van der Waals surface area contributed by atoms with Crippen LogP contribution in [0.4, 0.5) is 0 Å². The standard InChI is InChI=1S/C22H22N4O/c1-15(16-11-13-18(14-12-16)17-7-3-2-4-8-17)23-26-22(27)21-19-9-5-6-10-20(19)24-25-21/h2-4,7-8,11-14H,5-6,9-10H2,1H3,(H,24,25)(H,26,27)/b23-15-. The number of nitrogens with zero attached hydrogens (tertiary/aromatic N) is 2. The van der Waals surface area contributed by atoms with E-state index in [0.29, 0.717) is 5.69 Å². The van der Waals surface area contributed by atoms with Crippen LogP contribution in [-0.2, 0) is 12.8 Å². The number of carbonyl (C=O) groups is 1. The fourth-order valence-corrected chi connectivity index (χ4v) is 3.46. The van der Waals surface area contributed by atoms with Crippen molar-refractivity contribution in [3.8, 4) is 11.1 Å². The molecular formula is C22H22N4O. The van der Waals surface area contributed by atoms with Gasteiger partial charge in [0.2, 0.25) is 0 Å². The maximum Gasteiger partial charge on any atom is 0.292 e. The van der Waals surface area contributed by atoms with Gasteiger partial charge < -0.3 is 0 Å². The number of hydrogen-bond donors (Lipinski definition) is 2. The summed E-state index contributed by atoms with van der Waals surface area (Å²) in [6.07, 6.45) is 4.11. The molecule has 0 spiro atoms. The Hall–Kier alpha value is -3.21. The summed E-state index contributed by atoms with van der Waals surface area (Å²) in [5.74, 6) is -0.255. The molecule has 5 heteroatoms. The second-order valence-corrected chi connectivity index (χ2v) is 6.82. The lowest BCUT2D eigenvalue weighted by Gasteiger charge is -2.10. The highest BCUT2D eigenvalue weighted by molar-refractivity contribution is 6.01. The summed E-state index contributed by atoms with van der Waals surface area (Å²) >= 11 is 0. The number of H-pyrrole nitrogens is 1. The number of hydrogen-bond acceptors (Lipinski definition) is 3. The van der Waals surface area contributed by atoms with Crippen molar-refractivity contribution in [2.45, 2.75) is 32.6 Å². The summed E-state index contributed by atoms with van der Waals surface area (Å²) in [6, 6.07) is 18.4. The normalized spacial score (nSPS) is 13.9. The van der Waals surface area contributed by atoms with Gasteiger partial charge in [0.15, 0.2) is 5.69 Å². The molecule has 4 rings (SSSR count). The molecule has 1 aliphatic carbocycles. The van der Waals surface area contributed by atoms with Crippen LogP contribution in [0, 0.1) is 0 Å². The van der Waals surface area contributed by atoms with E-state index in [1.165, 1.54) is 5.56 Å². The van der Waals surface area contributed by atoms with Gasteiger partial charge in [-0.2, -0.15) is 10.2 Å². The van der Waals surface area contributed by atoms with E-state index < -0.39 is 0 Å². The fourth-order valence-electron chi connectivity index (χ4n) is 3.46. The lowest BCUT2D eigenvalue weighted by Crippen LogP contribution is -2.21. The summed E-state index contributed by atoms with van der Waals surface area (Å²) in [5.41, 5.74) is 9.30. The van der Waals surface area contributed by atoms with Crippen molar-refractivity contribution < 1.29 is 4.79 Å². The predicted octanol–water partition coefficient (Wildman–Crippen LogP) is 4.11. The van der Waals surface area contributed by atoms with E-state index in [4.69, 9.17) is 0 Å². The smallest absolute Gasteiger partial charge is 0.281 e. The number of aromatic nitrogens is 2. The van der Waals surface area contributed by atoms with Gasteiger partial charge in [0.25, 0.3) is 5.91 Å². The number of carbonyl (C=O) groups excluding carboxylic acids is 1. The number of nitrogens with one attached hydrogen (secondary N) is 2. The number of aromatic amines is 1. The van der Waals surface area contributed by atoms with Gasteiger partial charge in [0.1, 0.15) is 0 Å². The Morgan fingerprint density at radius 3 is 2.48 bits per heavy atom. The first-order chi connectivity index (χ1) is 13.2. The second-order valence-electron chi connectivity index (χ2n) is 6.82. The zero-order valence-corrected chi connectivity index (χ0v) is 15.3. The third-order valence-electron chi connectivity index (χ3n) is 5.01. The average Bonchev–Trinajstić information content (AvgIpc) is 3.17. The Kier molecular flexibility index (Phi) is 4.83. The number of aryl methyl sites for hydroxylation is 1. The monoisotopic (exact) mass is 358 g/mol. The topological polar surface area (TPSA) is 70.1 Å². The second kappa shape index (κ2) is 7.58. The minimum absolute atomic E-state index is 0.255. The number of fused-ring (bicyclic) bond motifs is 1. The molecular weight excluding hydrogens is 336 g/mol. The van der Waals surface area contributed by atoms with E-state index >= 15 is 0 Å². The summed E-state index contributed by atoms with van der Waals surface area (Å²) < 4.78 is 0. The molecule has 136 valence electrons. The molecule has 3 aromatic rings. The summed E-state index contributed by atoms with van der Waals surface area (Å²) in [6.45, 7) is 1.89. The number of benzene rings is 2. The van der Waals surface area contributed by atoms with Crippen LogP contribution >= 0.6 is 0 Å². The first-order valence-corrected chi connectivity index (χ1v) is 9.29. The van der Waals surface area contributed by atoms with Crippen LogP contribution in [0.5, 0.6) is 0 Å². The number of hydrazone groups is 1. The molecule has 0 radical (unpaired) electrons. The molecule has 1 aromatic heterocycles. The molecule has 0 saturated carbocycles. The SMILES string of the molecule is C/C(=N/NC(=O)c1n[nH]c2c1CCCC2)c1ccc(-c2ccccc2)cc1. The van der Waals surface area contributed by atoms with E-state index in [1.807, 2.05) is 37.3 Å². The predicted molar refractivity (Wildman–Crippen MR) is 107 cm³/mol. The largest absolute Gasteiger partial charge is 0.292 e.